The number of nitrogens with one attached hydrogen (secondary N) is 2. The smallest absolute Gasteiger partial charge is 0.328 e. The van der Waals surface area contributed by atoms with Crippen LogP contribution in [0, 0.1) is 11.3 Å². The first kappa shape index (κ1) is 37.2. The Labute approximate surface area is 294 Å². The molecule has 2 aromatic carbocycles. The number of nitriles is 1. The van der Waals surface area contributed by atoms with Crippen LogP contribution >= 0.6 is 35.0 Å². The van der Waals surface area contributed by atoms with E-state index in [0.29, 0.717) is 11.3 Å². The van der Waals surface area contributed by atoms with Gasteiger partial charge >= 0.3 is 5.97 Å². The van der Waals surface area contributed by atoms with Gasteiger partial charge in [0.2, 0.25) is 15.9 Å². The lowest BCUT2D eigenvalue weighted by atomic mass is 10.0. The zero-order valence-corrected chi connectivity index (χ0v) is 29.8. The first-order valence-corrected chi connectivity index (χ1v) is 18.1. The van der Waals surface area contributed by atoms with Gasteiger partial charge in [0.15, 0.2) is 0 Å². The van der Waals surface area contributed by atoms with Crippen molar-refractivity contribution >= 4 is 68.5 Å². The molecule has 1 aliphatic heterocycles. The maximum Gasteiger partial charge on any atom is 0.328 e. The standard InChI is InChI=1S/C33H35Cl2N5O6S2/c1-5-46-32(43)27(14-20-9-11-22(12-10-20)38-31(42)29-25(34)17-37-18-26(29)35)39-30(41)28-15-23(47-33(2,3)4)19-40(28)48(44,45)24-8-6-7-21(13-24)16-36/h6-13,17-18,23,27-28H,5,14-15,19H2,1-4H3,(H,38,42)(H,39,41)/t23-,27+,28+/m1/s1. The van der Waals surface area contributed by atoms with Crippen LogP contribution in [0.1, 0.15) is 55.6 Å². The minimum atomic E-state index is -4.18. The highest BCUT2D eigenvalue weighted by molar-refractivity contribution is 8.01. The third-order valence-electron chi connectivity index (χ3n) is 7.23. The number of rotatable bonds is 11. The Morgan fingerprint density at radius 1 is 1.12 bits per heavy atom. The fraction of sp³-hybridized carbons (Fsp3) is 0.364. The molecule has 1 saturated heterocycles. The summed E-state index contributed by atoms with van der Waals surface area (Å²) in [7, 11) is -4.18. The zero-order valence-electron chi connectivity index (χ0n) is 26.7. The fourth-order valence-corrected chi connectivity index (χ4v) is 9.04. The molecule has 2 heterocycles. The molecule has 0 bridgehead atoms. The van der Waals surface area contributed by atoms with E-state index in [4.69, 9.17) is 27.9 Å². The summed E-state index contributed by atoms with van der Waals surface area (Å²) in [5.41, 5.74) is 1.32. The SMILES string of the molecule is CCOC(=O)[C@H](Cc1ccc(NC(=O)c2c(Cl)cncc2Cl)cc1)NC(=O)[C@@H]1C[C@@H](SC(C)(C)C)CN1S(=O)(=O)c1cccc(C#N)c1. The van der Waals surface area contributed by atoms with Crippen molar-refractivity contribution in [2.75, 3.05) is 18.5 Å². The Bertz CT molecular complexity index is 1810. The lowest BCUT2D eigenvalue weighted by molar-refractivity contribution is -0.147. The summed E-state index contributed by atoms with van der Waals surface area (Å²) in [6.45, 7) is 7.82. The monoisotopic (exact) mass is 731 g/mol. The predicted molar refractivity (Wildman–Crippen MR) is 186 cm³/mol. The van der Waals surface area contributed by atoms with E-state index < -0.39 is 39.9 Å². The van der Waals surface area contributed by atoms with E-state index >= 15 is 0 Å². The second-order valence-corrected chi connectivity index (χ2v) is 16.8. The molecule has 15 heteroatoms. The van der Waals surface area contributed by atoms with Crippen LogP contribution in [0.15, 0.2) is 65.8 Å². The Kier molecular flexibility index (Phi) is 12.1. The molecule has 11 nitrogen and oxygen atoms in total. The van der Waals surface area contributed by atoms with Crippen molar-refractivity contribution in [1.82, 2.24) is 14.6 Å². The first-order chi connectivity index (χ1) is 22.6. The second-order valence-electron chi connectivity index (χ2n) is 12.0. The van der Waals surface area contributed by atoms with E-state index in [9.17, 15) is 28.1 Å². The molecule has 2 N–H and O–H groups in total. The highest BCUT2D eigenvalue weighted by Crippen LogP contribution is 2.38. The third kappa shape index (κ3) is 9.27. The second kappa shape index (κ2) is 15.7. The van der Waals surface area contributed by atoms with Gasteiger partial charge in [-0.15, -0.1) is 0 Å². The average Bonchev–Trinajstić information content (AvgIpc) is 3.45. The first-order valence-electron chi connectivity index (χ1n) is 15.0. The van der Waals surface area contributed by atoms with E-state index in [0.717, 1.165) is 4.31 Å². The molecular weight excluding hydrogens is 697 g/mol. The number of hydrogen-bond donors (Lipinski definition) is 2. The summed E-state index contributed by atoms with van der Waals surface area (Å²) in [6, 6.07) is 12.0. The average molecular weight is 733 g/mol. The molecule has 254 valence electrons. The van der Waals surface area contributed by atoms with Crippen LogP contribution < -0.4 is 10.6 Å². The molecule has 3 atom stereocenters. The Morgan fingerprint density at radius 3 is 2.40 bits per heavy atom. The molecule has 1 aliphatic rings. The van der Waals surface area contributed by atoms with Crippen LogP contribution in [0.4, 0.5) is 5.69 Å². The highest BCUT2D eigenvalue weighted by Gasteiger charge is 2.46. The van der Waals surface area contributed by atoms with Crippen molar-refractivity contribution in [2.24, 2.45) is 0 Å². The Morgan fingerprint density at radius 2 is 1.79 bits per heavy atom. The topological polar surface area (TPSA) is 159 Å². The van der Waals surface area contributed by atoms with Gasteiger partial charge in [0.1, 0.15) is 12.1 Å². The van der Waals surface area contributed by atoms with Crippen molar-refractivity contribution in [3.8, 4) is 6.07 Å². The molecule has 0 spiro atoms. The minimum Gasteiger partial charge on any atom is -0.464 e. The van der Waals surface area contributed by atoms with Gasteiger partial charge in [0, 0.05) is 41.0 Å². The molecule has 1 fully saturated rings. The number of pyridine rings is 1. The number of hydrogen-bond acceptors (Lipinski definition) is 9. The zero-order chi connectivity index (χ0) is 35.2. The molecule has 48 heavy (non-hydrogen) atoms. The summed E-state index contributed by atoms with van der Waals surface area (Å²) >= 11 is 13.8. The summed E-state index contributed by atoms with van der Waals surface area (Å²) in [5.74, 6) is -1.85. The van der Waals surface area contributed by atoms with Crippen molar-refractivity contribution in [3.05, 3.63) is 87.7 Å². The summed E-state index contributed by atoms with van der Waals surface area (Å²) in [6.07, 6.45) is 2.88. The van der Waals surface area contributed by atoms with Gasteiger partial charge in [-0.2, -0.15) is 21.3 Å². The van der Waals surface area contributed by atoms with Crippen LogP contribution in [0.25, 0.3) is 0 Å². The molecule has 0 unspecified atom stereocenters. The quantitative estimate of drug-likeness (QED) is 0.244. The molecule has 0 radical (unpaired) electrons. The van der Waals surface area contributed by atoms with Crippen LogP contribution in [0.5, 0.6) is 0 Å². The molecule has 4 rings (SSSR count). The summed E-state index contributed by atoms with van der Waals surface area (Å²) < 4.78 is 33.9. The number of sulfonamides is 1. The predicted octanol–water partition coefficient (Wildman–Crippen LogP) is 5.47. The van der Waals surface area contributed by atoms with Gasteiger partial charge in [-0.25, -0.2) is 13.2 Å². The Balaban J connectivity index is 1.55. The number of thioether (sulfide) groups is 1. The van der Waals surface area contributed by atoms with Crippen LogP contribution in [0.3, 0.4) is 0 Å². The van der Waals surface area contributed by atoms with Gasteiger partial charge in [-0.1, -0.05) is 62.2 Å². The molecule has 0 aliphatic carbocycles. The number of esters is 1. The summed E-state index contributed by atoms with van der Waals surface area (Å²) in [4.78, 5) is 43.5. The third-order valence-corrected chi connectivity index (χ3v) is 11.1. The van der Waals surface area contributed by atoms with E-state index in [1.165, 1.54) is 36.7 Å². The maximum absolute atomic E-state index is 13.9. The number of amides is 2. The van der Waals surface area contributed by atoms with Crippen molar-refractivity contribution in [1.29, 1.82) is 5.26 Å². The van der Waals surface area contributed by atoms with Gasteiger partial charge < -0.3 is 15.4 Å². The van der Waals surface area contributed by atoms with Crippen molar-refractivity contribution < 1.29 is 27.5 Å². The number of benzene rings is 2. The lowest BCUT2D eigenvalue weighted by Gasteiger charge is -2.25. The number of aromatic nitrogens is 1. The highest BCUT2D eigenvalue weighted by atomic mass is 35.5. The van der Waals surface area contributed by atoms with E-state index in [-0.39, 0.29) is 62.1 Å². The van der Waals surface area contributed by atoms with Crippen molar-refractivity contribution in [3.63, 3.8) is 0 Å². The number of halogens is 2. The molecule has 0 saturated carbocycles. The summed E-state index contributed by atoms with van der Waals surface area (Å²) in [5, 5.41) is 14.8. The normalized spacial score (nSPS) is 17.3. The van der Waals surface area contributed by atoms with Gasteiger partial charge in [0.05, 0.1) is 38.7 Å². The van der Waals surface area contributed by atoms with Crippen LogP contribution in [-0.2, 0) is 30.8 Å². The molecule has 3 aromatic rings. The van der Waals surface area contributed by atoms with E-state index in [1.54, 1.807) is 43.0 Å². The number of carbonyl (C=O) groups is 3. The van der Waals surface area contributed by atoms with Gasteiger partial charge in [-0.05, 0) is 49.2 Å². The van der Waals surface area contributed by atoms with E-state index in [2.05, 4.69) is 15.6 Å². The minimum absolute atomic E-state index is 0.0324. The molecular formula is C33H35Cl2N5O6S2. The van der Waals surface area contributed by atoms with Crippen molar-refractivity contribution in [2.45, 2.75) is 67.5 Å². The van der Waals surface area contributed by atoms with Gasteiger partial charge in [0.25, 0.3) is 5.91 Å². The van der Waals surface area contributed by atoms with Crippen LogP contribution in [0.2, 0.25) is 10.0 Å². The number of nitrogens with zero attached hydrogens (tertiary/aromatic N) is 3. The van der Waals surface area contributed by atoms with Crippen LogP contribution in [-0.4, -0.2) is 70.7 Å². The molecule has 2 amide bonds. The maximum atomic E-state index is 13.9. The number of carbonyl (C=O) groups excluding carboxylic acids is 3. The number of anilines is 1. The van der Waals surface area contributed by atoms with Gasteiger partial charge in [-0.3, -0.25) is 14.6 Å². The molecule has 1 aromatic heterocycles. The fourth-order valence-electron chi connectivity index (χ4n) is 5.21. The lowest BCUT2D eigenvalue weighted by Crippen LogP contribution is -2.51. The Hall–Kier alpha value is -3.67. The largest absolute Gasteiger partial charge is 0.464 e. The number of ether oxygens (including phenoxy) is 1. The van der Waals surface area contributed by atoms with E-state index in [1.807, 2.05) is 26.8 Å².